The second-order valence-corrected chi connectivity index (χ2v) is 12.4. The van der Waals surface area contributed by atoms with Crippen molar-refractivity contribution in [1.82, 2.24) is 20.9 Å². The third-order valence-corrected chi connectivity index (χ3v) is 9.11. The number of carboxylic acid groups (broad SMARTS) is 1. The number of hydrogen-bond acceptors (Lipinski definition) is 6. The van der Waals surface area contributed by atoms with E-state index in [2.05, 4.69) is 20.9 Å². The Kier molecular flexibility index (Phi) is 9.09. The van der Waals surface area contributed by atoms with Crippen molar-refractivity contribution in [3.05, 3.63) is 66.0 Å². The maximum atomic E-state index is 13.8. The minimum absolute atomic E-state index is 0.0383. The molecule has 4 aliphatic carbocycles. The smallest absolute Gasteiger partial charge is 0.408 e. The Labute approximate surface area is 246 Å². The Balaban J connectivity index is 1.27. The fourth-order valence-electron chi connectivity index (χ4n) is 7.35. The van der Waals surface area contributed by atoms with E-state index in [-0.39, 0.29) is 31.9 Å². The van der Waals surface area contributed by atoms with Crippen LogP contribution in [0.1, 0.15) is 69.0 Å². The van der Waals surface area contributed by atoms with Crippen molar-refractivity contribution < 1.29 is 29.0 Å². The number of aromatic nitrogens is 1. The molecule has 1 heterocycles. The molecule has 0 radical (unpaired) electrons. The molecule has 0 saturated heterocycles. The lowest BCUT2D eigenvalue weighted by atomic mass is 9.55. The number of carboxylic acids is 1. The second kappa shape index (κ2) is 12.9. The number of carbonyl (C=O) groups excluding carboxylic acids is 3. The van der Waals surface area contributed by atoms with Gasteiger partial charge in [0.05, 0.1) is 12.5 Å². The first kappa shape index (κ1) is 29.5. The van der Waals surface area contributed by atoms with Gasteiger partial charge < -0.3 is 25.8 Å². The molecule has 4 N–H and O–H groups in total. The monoisotopic (exact) mass is 576 g/mol. The molecule has 4 saturated carbocycles. The number of rotatable bonds is 12. The quantitative estimate of drug-likeness (QED) is 0.301. The predicted molar refractivity (Wildman–Crippen MR) is 154 cm³/mol. The van der Waals surface area contributed by atoms with Gasteiger partial charge in [-0.3, -0.25) is 19.4 Å². The largest absolute Gasteiger partial charge is 0.481 e. The summed E-state index contributed by atoms with van der Waals surface area (Å²) in [5.41, 5.74) is 0.164. The van der Waals surface area contributed by atoms with E-state index >= 15 is 0 Å². The van der Waals surface area contributed by atoms with Crippen molar-refractivity contribution in [2.75, 3.05) is 6.54 Å². The summed E-state index contributed by atoms with van der Waals surface area (Å²) in [7, 11) is 0. The van der Waals surface area contributed by atoms with Crippen LogP contribution < -0.4 is 16.0 Å². The summed E-state index contributed by atoms with van der Waals surface area (Å²) >= 11 is 0. The highest BCUT2D eigenvalue weighted by Crippen LogP contribution is 2.54. The van der Waals surface area contributed by atoms with Crippen LogP contribution in [0.25, 0.3) is 0 Å². The standard InChI is InChI=1S/C32H40N4O6/c1-32(17-20-6-5-11-33-18-20,36-31(41)42-29-24-13-21-12-22(15-24)16-25(29)14-21)30(40)34-19-26(23-7-3-2-4-8-23)35-27(37)9-10-28(38)39/h2-8,11,18,21-22,24-26,29H,9-10,12-17,19H2,1H3,(H,34,40)(H,35,37)(H,36,41)(H,38,39)/t21?,22?,24?,25?,26-,29?,32?/m0/s1. The highest BCUT2D eigenvalue weighted by molar-refractivity contribution is 5.90. The molecule has 4 aliphatic rings. The second-order valence-electron chi connectivity index (χ2n) is 12.4. The van der Waals surface area contributed by atoms with Crippen LogP contribution in [-0.4, -0.2) is 52.2 Å². The van der Waals surface area contributed by atoms with E-state index in [0.29, 0.717) is 11.8 Å². The van der Waals surface area contributed by atoms with Crippen LogP contribution in [0.5, 0.6) is 0 Å². The number of alkyl carbamates (subject to hydrolysis) is 1. The van der Waals surface area contributed by atoms with E-state index in [0.717, 1.165) is 48.6 Å². The Morgan fingerprint density at radius 3 is 2.29 bits per heavy atom. The Hall–Kier alpha value is -3.95. The van der Waals surface area contributed by atoms with Gasteiger partial charge in [-0.05, 0) is 79.9 Å². The lowest BCUT2D eigenvalue weighted by Gasteiger charge is -2.53. The van der Waals surface area contributed by atoms with Crippen molar-refractivity contribution in [2.45, 2.75) is 76.0 Å². The van der Waals surface area contributed by atoms with E-state index in [1.807, 2.05) is 36.4 Å². The first-order valence-electron chi connectivity index (χ1n) is 14.9. The minimum Gasteiger partial charge on any atom is -0.481 e. The summed E-state index contributed by atoms with van der Waals surface area (Å²) in [5, 5.41) is 17.6. The van der Waals surface area contributed by atoms with Crippen molar-refractivity contribution in [3.8, 4) is 0 Å². The van der Waals surface area contributed by atoms with Crippen LogP contribution in [0.2, 0.25) is 0 Å². The molecule has 42 heavy (non-hydrogen) atoms. The normalized spacial score (nSPS) is 26.0. The number of benzene rings is 1. The van der Waals surface area contributed by atoms with Crippen molar-refractivity contribution in [2.24, 2.45) is 23.7 Å². The maximum Gasteiger partial charge on any atom is 0.408 e. The van der Waals surface area contributed by atoms with Crippen LogP contribution in [0.15, 0.2) is 54.9 Å². The number of aliphatic carboxylic acids is 1. The van der Waals surface area contributed by atoms with Crippen LogP contribution in [0.4, 0.5) is 4.79 Å². The average Bonchev–Trinajstić information content (AvgIpc) is 2.96. The third kappa shape index (κ3) is 7.27. The number of nitrogens with zero attached hydrogens (tertiary/aromatic N) is 1. The summed E-state index contributed by atoms with van der Waals surface area (Å²) < 4.78 is 6.05. The van der Waals surface area contributed by atoms with Crippen LogP contribution in [-0.2, 0) is 25.5 Å². The van der Waals surface area contributed by atoms with Gasteiger partial charge in [-0.25, -0.2) is 4.79 Å². The number of ether oxygens (including phenoxy) is 1. The van der Waals surface area contributed by atoms with Crippen LogP contribution in [0, 0.1) is 23.7 Å². The SMILES string of the molecule is CC(Cc1cccnc1)(NC(=O)OC1C2CC3CC(C2)CC1C3)C(=O)NC[C@H](NC(=O)CCC(=O)O)c1ccccc1. The van der Waals surface area contributed by atoms with E-state index in [1.165, 1.54) is 6.42 Å². The lowest BCUT2D eigenvalue weighted by Crippen LogP contribution is -2.60. The molecule has 10 nitrogen and oxygen atoms in total. The Bertz CT molecular complexity index is 1240. The molecular formula is C32H40N4O6. The summed E-state index contributed by atoms with van der Waals surface area (Å²) in [4.78, 5) is 54.7. The molecule has 3 amide bonds. The van der Waals surface area contributed by atoms with Crippen molar-refractivity contribution in [1.29, 1.82) is 0 Å². The number of amides is 3. The molecule has 2 atom stereocenters. The molecule has 10 heteroatoms. The van der Waals surface area contributed by atoms with Crippen LogP contribution in [0.3, 0.4) is 0 Å². The molecule has 2 aromatic rings. The van der Waals surface area contributed by atoms with Gasteiger partial charge in [0.2, 0.25) is 11.8 Å². The molecule has 0 aliphatic heterocycles. The third-order valence-electron chi connectivity index (χ3n) is 9.11. The zero-order chi connectivity index (χ0) is 29.7. The van der Waals surface area contributed by atoms with Crippen LogP contribution >= 0.6 is 0 Å². The van der Waals surface area contributed by atoms with Gasteiger partial charge in [0.25, 0.3) is 0 Å². The summed E-state index contributed by atoms with van der Waals surface area (Å²) in [5.74, 6) is 0.347. The molecule has 1 unspecified atom stereocenters. The summed E-state index contributed by atoms with van der Waals surface area (Å²) in [6, 6.07) is 12.2. The fraction of sp³-hybridized carbons (Fsp3) is 0.531. The van der Waals surface area contributed by atoms with Crippen molar-refractivity contribution in [3.63, 3.8) is 0 Å². The summed E-state index contributed by atoms with van der Waals surface area (Å²) in [6.07, 6.45) is 8.04. The maximum absolute atomic E-state index is 13.8. The molecular weight excluding hydrogens is 536 g/mol. The van der Waals surface area contributed by atoms with Gasteiger partial charge >= 0.3 is 12.1 Å². The average molecular weight is 577 g/mol. The first-order chi connectivity index (χ1) is 20.2. The van der Waals surface area contributed by atoms with Gasteiger partial charge in [0.15, 0.2) is 0 Å². The van der Waals surface area contributed by atoms with E-state index in [9.17, 15) is 19.2 Å². The zero-order valence-corrected chi connectivity index (χ0v) is 24.0. The molecule has 1 aromatic carbocycles. The molecule has 224 valence electrons. The molecule has 4 fully saturated rings. The predicted octanol–water partition coefficient (Wildman–Crippen LogP) is 3.77. The van der Waals surface area contributed by atoms with Crippen molar-refractivity contribution >= 4 is 23.9 Å². The summed E-state index contributed by atoms with van der Waals surface area (Å²) in [6.45, 7) is 1.70. The number of hydrogen-bond donors (Lipinski definition) is 4. The first-order valence-corrected chi connectivity index (χ1v) is 14.9. The van der Waals surface area contributed by atoms with E-state index in [1.54, 1.807) is 25.4 Å². The Morgan fingerprint density at radius 1 is 0.976 bits per heavy atom. The highest BCUT2D eigenvalue weighted by atomic mass is 16.6. The van der Waals surface area contributed by atoms with Gasteiger partial charge in [0, 0.05) is 31.8 Å². The lowest BCUT2D eigenvalue weighted by molar-refractivity contribution is -0.138. The topological polar surface area (TPSA) is 147 Å². The molecule has 0 spiro atoms. The van der Waals surface area contributed by atoms with Gasteiger partial charge in [-0.15, -0.1) is 0 Å². The van der Waals surface area contributed by atoms with E-state index in [4.69, 9.17) is 9.84 Å². The highest BCUT2D eigenvalue weighted by Gasteiger charge is 2.50. The fourth-order valence-corrected chi connectivity index (χ4v) is 7.35. The number of pyridine rings is 1. The van der Waals surface area contributed by atoms with Gasteiger partial charge in [0.1, 0.15) is 11.6 Å². The molecule has 6 rings (SSSR count). The minimum atomic E-state index is -1.36. The van der Waals surface area contributed by atoms with Gasteiger partial charge in [-0.2, -0.15) is 0 Å². The molecule has 1 aromatic heterocycles. The van der Waals surface area contributed by atoms with E-state index < -0.39 is 35.5 Å². The zero-order valence-electron chi connectivity index (χ0n) is 24.0. The number of carbonyl (C=O) groups is 4. The number of nitrogens with one attached hydrogen (secondary N) is 3. The van der Waals surface area contributed by atoms with Gasteiger partial charge in [-0.1, -0.05) is 36.4 Å². The molecule has 4 bridgehead atoms. The Morgan fingerprint density at radius 2 is 1.67 bits per heavy atom.